The Bertz CT molecular complexity index is 821. The van der Waals surface area contributed by atoms with Gasteiger partial charge in [-0.15, -0.1) is 0 Å². The molecule has 0 aliphatic carbocycles. The zero-order valence-corrected chi connectivity index (χ0v) is 15.2. The van der Waals surface area contributed by atoms with Crippen LogP contribution in [0.4, 0.5) is 11.4 Å². The average Bonchev–Trinajstić information content (AvgIpc) is 2.81. The molecule has 0 fully saturated rings. The van der Waals surface area contributed by atoms with Gasteiger partial charge >= 0.3 is 0 Å². The maximum absolute atomic E-state index is 13.1. The fourth-order valence-electron chi connectivity index (χ4n) is 3.67. The Kier molecular flexibility index (Phi) is 4.45. The van der Waals surface area contributed by atoms with E-state index in [2.05, 4.69) is 18.3 Å². The van der Waals surface area contributed by atoms with E-state index < -0.39 is 0 Å². The van der Waals surface area contributed by atoms with Gasteiger partial charge < -0.3 is 19.7 Å². The first kappa shape index (κ1) is 16.8. The Morgan fingerprint density at radius 3 is 2.77 bits per heavy atom. The van der Waals surface area contributed by atoms with Crippen molar-refractivity contribution in [3.05, 3.63) is 48.0 Å². The molecule has 26 heavy (non-hydrogen) atoms. The third-order valence-electron chi connectivity index (χ3n) is 4.95. The highest BCUT2D eigenvalue weighted by atomic mass is 16.5. The molecule has 0 bridgehead atoms. The van der Waals surface area contributed by atoms with Gasteiger partial charge in [0.1, 0.15) is 6.04 Å². The molecule has 4 rings (SSSR count). The molecule has 2 aromatic carbocycles. The van der Waals surface area contributed by atoms with Crippen molar-refractivity contribution in [3.8, 4) is 11.5 Å². The van der Waals surface area contributed by atoms with E-state index in [0.29, 0.717) is 13.2 Å². The van der Waals surface area contributed by atoms with Gasteiger partial charge in [-0.3, -0.25) is 4.79 Å². The predicted octanol–water partition coefficient (Wildman–Crippen LogP) is 3.63. The second kappa shape index (κ2) is 6.90. The van der Waals surface area contributed by atoms with E-state index in [0.717, 1.165) is 35.7 Å². The van der Waals surface area contributed by atoms with Gasteiger partial charge in [0.05, 0.1) is 13.2 Å². The smallest absolute Gasteiger partial charge is 0.249 e. The lowest BCUT2D eigenvalue weighted by Gasteiger charge is -2.27. The molecule has 0 radical (unpaired) electrons. The Morgan fingerprint density at radius 2 is 1.92 bits per heavy atom. The minimum atomic E-state index is -0.339. The van der Waals surface area contributed by atoms with E-state index in [1.165, 1.54) is 5.56 Å². The van der Waals surface area contributed by atoms with Crippen LogP contribution < -0.4 is 19.7 Å². The van der Waals surface area contributed by atoms with Crippen molar-refractivity contribution in [2.45, 2.75) is 38.8 Å². The standard InChI is InChI=1S/C21H24N2O3/c1-14-12-16-6-3-4-7-18(16)23(14)21(24)15(2)22-17-8-9-19-20(13-17)26-11-5-10-25-19/h3-4,6-9,13-15,22H,5,10-12H2,1-2H3. The first-order chi connectivity index (χ1) is 12.6. The first-order valence-corrected chi connectivity index (χ1v) is 9.20. The predicted molar refractivity (Wildman–Crippen MR) is 102 cm³/mol. The molecule has 2 aliphatic heterocycles. The third-order valence-corrected chi connectivity index (χ3v) is 4.95. The SMILES string of the molecule is CC(Nc1ccc2c(c1)OCCCO2)C(=O)N1c2ccccc2CC1C. The van der Waals surface area contributed by atoms with Crippen molar-refractivity contribution >= 4 is 17.3 Å². The lowest BCUT2D eigenvalue weighted by Crippen LogP contribution is -2.44. The Labute approximate surface area is 153 Å². The van der Waals surface area contributed by atoms with Crippen LogP contribution in [0.3, 0.4) is 0 Å². The fourth-order valence-corrected chi connectivity index (χ4v) is 3.67. The maximum Gasteiger partial charge on any atom is 0.249 e. The van der Waals surface area contributed by atoms with Crippen molar-refractivity contribution in [1.82, 2.24) is 0 Å². The van der Waals surface area contributed by atoms with Gasteiger partial charge in [0.15, 0.2) is 11.5 Å². The third kappa shape index (κ3) is 3.09. The van der Waals surface area contributed by atoms with Gasteiger partial charge in [0, 0.05) is 29.9 Å². The van der Waals surface area contributed by atoms with Crippen molar-refractivity contribution in [3.63, 3.8) is 0 Å². The van der Waals surface area contributed by atoms with Gasteiger partial charge in [-0.1, -0.05) is 18.2 Å². The number of anilines is 2. The molecule has 136 valence electrons. The summed E-state index contributed by atoms with van der Waals surface area (Å²) in [5.74, 6) is 1.57. The topological polar surface area (TPSA) is 50.8 Å². The summed E-state index contributed by atoms with van der Waals surface area (Å²) in [6.07, 6.45) is 1.78. The Balaban J connectivity index is 1.51. The highest BCUT2D eigenvalue weighted by Gasteiger charge is 2.33. The molecule has 0 aromatic heterocycles. The summed E-state index contributed by atoms with van der Waals surface area (Å²) in [4.78, 5) is 15.0. The van der Waals surface area contributed by atoms with Crippen LogP contribution in [-0.2, 0) is 11.2 Å². The summed E-state index contributed by atoms with van der Waals surface area (Å²) in [5, 5.41) is 3.31. The molecule has 5 nitrogen and oxygen atoms in total. The largest absolute Gasteiger partial charge is 0.490 e. The number of ether oxygens (including phenoxy) is 2. The second-order valence-corrected chi connectivity index (χ2v) is 6.97. The lowest BCUT2D eigenvalue weighted by molar-refractivity contribution is -0.119. The molecule has 0 spiro atoms. The van der Waals surface area contributed by atoms with Gasteiger partial charge in [-0.2, -0.15) is 0 Å². The van der Waals surface area contributed by atoms with Crippen LogP contribution in [0.5, 0.6) is 11.5 Å². The normalized spacial score (nSPS) is 19.5. The van der Waals surface area contributed by atoms with Gasteiger partial charge in [0.25, 0.3) is 0 Å². The average molecular weight is 352 g/mol. The Morgan fingerprint density at radius 1 is 1.15 bits per heavy atom. The number of nitrogens with zero attached hydrogens (tertiary/aromatic N) is 1. The summed E-state index contributed by atoms with van der Waals surface area (Å²) in [5.41, 5.74) is 3.11. The van der Waals surface area contributed by atoms with Crippen molar-refractivity contribution < 1.29 is 14.3 Å². The van der Waals surface area contributed by atoms with Gasteiger partial charge in [-0.05, 0) is 44.0 Å². The van der Waals surface area contributed by atoms with Crippen LogP contribution in [-0.4, -0.2) is 31.2 Å². The number of para-hydroxylation sites is 1. The Hall–Kier alpha value is -2.69. The number of rotatable bonds is 3. The van der Waals surface area contributed by atoms with Crippen molar-refractivity contribution in [2.24, 2.45) is 0 Å². The van der Waals surface area contributed by atoms with E-state index in [-0.39, 0.29) is 18.0 Å². The molecule has 2 heterocycles. The molecule has 1 amide bonds. The molecule has 1 N–H and O–H groups in total. The number of carbonyl (C=O) groups excluding carboxylic acids is 1. The van der Waals surface area contributed by atoms with Crippen LogP contribution in [0.25, 0.3) is 0 Å². The molecule has 0 saturated heterocycles. The number of carbonyl (C=O) groups is 1. The quantitative estimate of drug-likeness (QED) is 0.917. The van der Waals surface area contributed by atoms with E-state index in [4.69, 9.17) is 9.47 Å². The fraction of sp³-hybridized carbons (Fsp3) is 0.381. The lowest BCUT2D eigenvalue weighted by atomic mass is 10.1. The van der Waals surface area contributed by atoms with Crippen molar-refractivity contribution in [1.29, 1.82) is 0 Å². The number of hydrogen-bond acceptors (Lipinski definition) is 4. The molecule has 2 aliphatic rings. The highest BCUT2D eigenvalue weighted by Crippen LogP contribution is 2.34. The first-order valence-electron chi connectivity index (χ1n) is 9.20. The summed E-state index contributed by atoms with van der Waals surface area (Å²) in [7, 11) is 0. The molecular formula is C21H24N2O3. The number of benzene rings is 2. The number of nitrogens with one attached hydrogen (secondary N) is 1. The van der Waals surface area contributed by atoms with E-state index in [9.17, 15) is 4.79 Å². The number of fused-ring (bicyclic) bond motifs is 2. The van der Waals surface area contributed by atoms with Gasteiger partial charge in [-0.25, -0.2) is 0 Å². The molecule has 2 atom stereocenters. The highest BCUT2D eigenvalue weighted by molar-refractivity contribution is 6.00. The summed E-state index contributed by atoms with van der Waals surface area (Å²) in [6.45, 7) is 5.31. The van der Waals surface area contributed by atoms with E-state index in [1.54, 1.807) is 0 Å². The van der Waals surface area contributed by atoms with Crippen LogP contribution in [0.2, 0.25) is 0 Å². The maximum atomic E-state index is 13.1. The number of hydrogen-bond donors (Lipinski definition) is 1. The minimum absolute atomic E-state index is 0.0783. The zero-order valence-electron chi connectivity index (χ0n) is 15.2. The summed E-state index contributed by atoms with van der Waals surface area (Å²) >= 11 is 0. The van der Waals surface area contributed by atoms with Gasteiger partial charge in [0.2, 0.25) is 5.91 Å². The molecule has 0 saturated carbocycles. The van der Waals surface area contributed by atoms with Crippen molar-refractivity contribution in [2.75, 3.05) is 23.4 Å². The van der Waals surface area contributed by atoms with E-state index in [1.807, 2.05) is 48.2 Å². The van der Waals surface area contributed by atoms with Crippen LogP contribution in [0.15, 0.2) is 42.5 Å². The van der Waals surface area contributed by atoms with Crippen LogP contribution in [0.1, 0.15) is 25.8 Å². The number of amides is 1. The molecule has 2 unspecified atom stereocenters. The summed E-state index contributed by atoms with van der Waals surface area (Å²) < 4.78 is 11.4. The summed E-state index contributed by atoms with van der Waals surface area (Å²) in [6, 6.07) is 13.7. The van der Waals surface area contributed by atoms with Crippen LogP contribution >= 0.6 is 0 Å². The van der Waals surface area contributed by atoms with Crippen LogP contribution in [0, 0.1) is 0 Å². The molecule has 5 heteroatoms. The second-order valence-electron chi connectivity index (χ2n) is 6.97. The monoisotopic (exact) mass is 352 g/mol. The zero-order chi connectivity index (χ0) is 18.1. The van der Waals surface area contributed by atoms with E-state index >= 15 is 0 Å². The minimum Gasteiger partial charge on any atom is -0.490 e. The molecule has 2 aromatic rings. The molecular weight excluding hydrogens is 328 g/mol.